The Hall–Kier alpha value is -1.17. The number of benzene rings is 2. The van der Waals surface area contributed by atoms with Crippen LogP contribution in [0.25, 0.3) is 0 Å². The third-order valence-electron chi connectivity index (χ3n) is 2.73. The van der Waals surface area contributed by atoms with E-state index in [1.165, 1.54) is 0 Å². The number of rotatable bonds is 4. The Bertz CT molecular complexity index is 656. The Labute approximate surface area is 121 Å². The molecular formula is C14H14BrNO2S. The molecule has 0 aliphatic heterocycles. The van der Waals surface area contributed by atoms with Crippen LogP contribution < -0.4 is 4.72 Å². The van der Waals surface area contributed by atoms with E-state index in [4.69, 9.17) is 0 Å². The lowest BCUT2D eigenvalue weighted by Gasteiger charge is -2.15. The second kappa shape index (κ2) is 5.86. The Morgan fingerprint density at radius 1 is 1.05 bits per heavy atom. The molecule has 0 saturated carbocycles. The van der Waals surface area contributed by atoms with Gasteiger partial charge in [-0.1, -0.05) is 46.3 Å². The molecule has 19 heavy (non-hydrogen) atoms. The van der Waals surface area contributed by atoms with Gasteiger partial charge in [0.15, 0.2) is 0 Å². The number of halogens is 1. The van der Waals surface area contributed by atoms with Gasteiger partial charge in [-0.05, 0) is 36.8 Å². The molecule has 100 valence electrons. The summed E-state index contributed by atoms with van der Waals surface area (Å²) in [5, 5.41) is 0. The van der Waals surface area contributed by atoms with Gasteiger partial charge < -0.3 is 0 Å². The molecule has 1 N–H and O–H groups in total. The van der Waals surface area contributed by atoms with Gasteiger partial charge in [-0.25, -0.2) is 13.1 Å². The number of sulfonamides is 1. The van der Waals surface area contributed by atoms with Crippen molar-refractivity contribution in [2.24, 2.45) is 0 Å². The third kappa shape index (κ3) is 3.65. The normalized spacial score (nSPS) is 13.2. The number of nitrogens with one attached hydrogen (secondary N) is 1. The second-order valence-corrected chi connectivity index (χ2v) is 6.84. The van der Waals surface area contributed by atoms with E-state index in [9.17, 15) is 8.42 Å². The fourth-order valence-electron chi connectivity index (χ4n) is 1.74. The fourth-order valence-corrected chi connectivity index (χ4v) is 3.41. The van der Waals surface area contributed by atoms with E-state index in [1.807, 2.05) is 31.2 Å². The summed E-state index contributed by atoms with van der Waals surface area (Å²) in [7, 11) is -3.49. The molecule has 2 rings (SSSR count). The zero-order valence-corrected chi connectivity index (χ0v) is 12.8. The predicted molar refractivity (Wildman–Crippen MR) is 79.3 cm³/mol. The van der Waals surface area contributed by atoms with Crippen LogP contribution in [0.3, 0.4) is 0 Å². The van der Waals surface area contributed by atoms with Crippen molar-refractivity contribution in [3.8, 4) is 0 Å². The monoisotopic (exact) mass is 339 g/mol. The van der Waals surface area contributed by atoms with Gasteiger partial charge in [-0.2, -0.15) is 0 Å². The molecule has 0 spiro atoms. The summed E-state index contributed by atoms with van der Waals surface area (Å²) in [6, 6.07) is 15.7. The predicted octanol–water partition coefficient (Wildman–Crippen LogP) is 3.49. The van der Waals surface area contributed by atoms with Crippen LogP contribution in [0.1, 0.15) is 18.5 Å². The van der Waals surface area contributed by atoms with Crippen molar-refractivity contribution in [3.05, 3.63) is 64.6 Å². The molecule has 0 fully saturated rings. The molecule has 0 unspecified atom stereocenters. The van der Waals surface area contributed by atoms with Crippen molar-refractivity contribution in [2.75, 3.05) is 0 Å². The summed E-state index contributed by atoms with van der Waals surface area (Å²) in [4.78, 5) is 0.275. The minimum atomic E-state index is -3.49. The zero-order valence-electron chi connectivity index (χ0n) is 10.4. The molecule has 2 aromatic carbocycles. The summed E-state index contributed by atoms with van der Waals surface area (Å²) in [5.41, 5.74) is 0.911. The van der Waals surface area contributed by atoms with Crippen LogP contribution in [0.4, 0.5) is 0 Å². The van der Waals surface area contributed by atoms with Gasteiger partial charge in [0.05, 0.1) is 4.90 Å². The molecule has 0 heterocycles. The van der Waals surface area contributed by atoms with Crippen molar-refractivity contribution >= 4 is 26.0 Å². The van der Waals surface area contributed by atoms with E-state index in [0.717, 1.165) is 10.0 Å². The summed E-state index contributed by atoms with van der Waals surface area (Å²) >= 11 is 3.38. The molecule has 0 aromatic heterocycles. The van der Waals surface area contributed by atoms with Crippen LogP contribution in [0.2, 0.25) is 0 Å². The topological polar surface area (TPSA) is 46.2 Å². The minimum Gasteiger partial charge on any atom is -0.207 e. The molecular weight excluding hydrogens is 326 g/mol. The summed E-state index contributed by atoms with van der Waals surface area (Å²) in [5.74, 6) is 0. The first-order chi connectivity index (χ1) is 8.99. The smallest absolute Gasteiger partial charge is 0.207 e. The van der Waals surface area contributed by atoms with Gasteiger partial charge in [0.1, 0.15) is 0 Å². The quantitative estimate of drug-likeness (QED) is 0.926. The van der Waals surface area contributed by atoms with Gasteiger partial charge in [0.25, 0.3) is 0 Å². The average Bonchev–Trinajstić information content (AvgIpc) is 2.39. The van der Waals surface area contributed by atoms with Crippen LogP contribution in [0.15, 0.2) is 64.0 Å². The molecule has 1 atom stereocenters. The van der Waals surface area contributed by atoms with E-state index in [-0.39, 0.29) is 10.9 Å². The third-order valence-corrected chi connectivity index (χ3v) is 4.78. The first-order valence-corrected chi connectivity index (χ1v) is 8.09. The highest BCUT2D eigenvalue weighted by Crippen LogP contribution is 2.20. The highest BCUT2D eigenvalue weighted by molar-refractivity contribution is 9.10. The van der Waals surface area contributed by atoms with E-state index in [2.05, 4.69) is 20.7 Å². The lowest BCUT2D eigenvalue weighted by atomic mass is 10.1. The van der Waals surface area contributed by atoms with E-state index < -0.39 is 10.0 Å². The summed E-state index contributed by atoms with van der Waals surface area (Å²) in [6.45, 7) is 1.82. The molecule has 0 saturated heterocycles. The van der Waals surface area contributed by atoms with Crippen molar-refractivity contribution in [1.82, 2.24) is 4.72 Å². The van der Waals surface area contributed by atoms with Gasteiger partial charge in [-0.3, -0.25) is 0 Å². The first-order valence-electron chi connectivity index (χ1n) is 5.82. The zero-order chi connectivity index (χ0) is 13.9. The van der Waals surface area contributed by atoms with Gasteiger partial charge >= 0.3 is 0 Å². The minimum absolute atomic E-state index is 0.275. The molecule has 2 aromatic rings. The van der Waals surface area contributed by atoms with Crippen molar-refractivity contribution < 1.29 is 8.42 Å². The highest BCUT2D eigenvalue weighted by atomic mass is 79.9. The average molecular weight is 340 g/mol. The molecule has 0 aliphatic rings. The fraction of sp³-hybridized carbons (Fsp3) is 0.143. The van der Waals surface area contributed by atoms with Gasteiger partial charge in [-0.15, -0.1) is 0 Å². The van der Waals surface area contributed by atoms with Crippen LogP contribution in [-0.4, -0.2) is 8.42 Å². The van der Waals surface area contributed by atoms with Crippen molar-refractivity contribution in [3.63, 3.8) is 0 Å². The summed E-state index contributed by atoms with van der Waals surface area (Å²) in [6.07, 6.45) is 0. The van der Waals surface area contributed by atoms with E-state index in [0.29, 0.717) is 0 Å². The molecule has 0 radical (unpaired) electrons. The highest BCUT2D eigenvalue weighted by Gasteiger charge is 2.17. The van der Waals surface area contributed by atoms with Gasteiger partial charge in [0, 0.05) is 10.5 Å². The van der Waals surface area contributed by atoms with Crippen LogP contribution in [0.5, 0.6) is 0 Å². The lowest BCUT2D eigenvalue weighted by molar-refractivity contribution is 0.567. The van der Waals surface area contributed by atoms with Gasteiger partial charge in [0.2, 0.25) is 10.0 Å². The molecule has 5 heteroatoms. The van der Waals surface area contributed by atoms with E-state index >= 15 is 0 Å². The SMILES string of the molecule is C[C@H](NS(=O)(=O)c1ccccc1)c1cccc(Br)c1. The van der Waals surface area contributed by atoms with Crippen molar-refractivity contribution in [2.45, 2.75) is 17.9 Å². The summed E-state index contributed by atoms with van der Waals surface area (Å²) < 4.78 is 28.0. The molecule has 3 nitrogen and oxygen atoms in total. The largest absolute Gasteiger partial charge is 0.241 e. The van der Waals surface area contributed by atoms with Crippen LogP contribution in [-0.2, 0) is 10.0 Å². The molecule has 0 bridgehead atoms. The maximum absolute atomic E-state index is 12.2. The lowest BCUT2D eigenvalue weighted by Crippen LogP contribution is -2.26. The molecule has 0 amide bonds. The standard InChI is InChI=1S/C14H14BrNO2S/c1-11(12-6-5-7-13(15)10-12)16-19(17,18)14-8-3-2-4-9-14/h2-11,16H,1H3/t11-/m0/s1. The Morgan fingerprint density at radius 3 is 2.37 bits per heavy atom. The Morgan fingerprint density at radius 2 is 1.74 bits per heavy atom. The van der Waals surface area contributed by atoms with Crippen LogP contribution >= 0.6 is 15.9 Å². The Kier molecular flexibility index (Phi) is 4.39. The number of hydrogen-bond acceptors (Lipinski definition) is 2. The van der Waals surface area contributed by atoms with Crippen molar-refractivity contribution in [1.29, 1.82) is 0 Å². The molecule has 0 aliphatic carbocycles. The van der Waals surface area contributed by atoms with E-state index in [1.54, 1.807) is 30.3 Å². The Balaban J connectivity index is 2.22. The first kappa shape index (κ1) is 14.2. The second-order valence-electron chi connectivity index (χ2n) is 4.21. The maximum Gasteiger partial charge on any atom is 0.241 e. The maximum atomic E-state index is 12.2. The number of hydrogen-bond donors (Lipinski definition) is 1. The van der Waals surface area contributed by atoms with Crippen LogP contribution in [0, 0.1) is 0 Å².